The highest BCUT2D eigenvalue weighted by Gasteiger charge is 2.96. The Bertz CT molecular complexity index is 1780. The van der Waals surface area contributed by atoms with Crippen LogP contribution in [-0.2, 0) is 39.8 Å². The largest absolute Gasteiger partial charge is 0.469 e. The topological polar surface area (TPSA) is 125 Å². The van der Waals surface area contributed by atoms with E-state index in [1.807, 2.05) is 19.9 Å². The fraction of sp³-hybridized carbons (Fsp3) is 0.775. The minimum atomic E-state index is -1.38. The number of ether oxygens (including phenoxy) is 4. The van der Waals surface area contributed by atoms with Gasteiger partial charge in [-0.1, -0.05) is 46.1 Å². The van der Waals surface area contributed by atoms with Crippen molar-refractivity contribution in [3.8, 4) is 0 Å². The van der Waals surface area contributed by atoms with Crippen LogP contribution in [0.15, 0.2) is 28.4 Å². The van der Waals surface area contributed by atoms with Crippen molar-refractivity contribution in [2.45, 2.75) is 133 Å². The minimum Gasteiger partial charge on any atom is -0.469 e. The summed E-state index contributed by atoms with van der Waals surface area (Å²) in [4.78, 5) is 43.8. The van der Waals surface area contributed by atoms with Crippen LogP contribution in [0.25, 0.3) is 0 Å². The number of carbonyl (C=O) groups excluding carboxylic acids is 3. The number of hydrogen-bond acceptors (Lipinski definition) is 9. The van der Waals surface area contributed by atoms with Crippen molar-refractivity contribution in [2.75, 3.05) is 6.61 Å². The SMILES string of the molecule is CCCCCc1occc1[C@@H]1OC(=O)[C@H]2O[C@]23[C@]2(C)[C@H](O)C(=O)[C@H]4[C@]56COC(=O)[C@H]7[C@@]8(CCC[C@@H]8CC8=CC[C@]4(C)O[C@@]875)C[C@@H](C[C@@]13C)[C@@H]26. The van der Waals surface area contributed by atoms with Gasteiger partial charge in [0.05, 0.1) is 29.1 Å². The van der Waals surface area contributed by atoms with Gasteiger partial charge < -0.3 is 28.5 Å². The van der Waals surface area contributed by atoms with Crippen LogP contribution in [0.1, 0.15) is 109 Å². The predicted octanol–water partition coefficient (Wildman–Crippen LogP) is 5.57. The molecule has 1 N–H and O–H groups in total. The van der Waals surface area contributed by atoms with Gasteiger partial charge >= 0.3 is 11.9 Å². The van der Waals surface area contributed by atoms with Gasteiger partial charge in [0.25, 0.3) is 0 Å². The fourth-order valence-electron chi connectivity index (χ4n) is 16.0. The summed E-state index contributed by atoms with van der Waals surface area (Å²) in [5.74, 6) is -1.14. The summed E-state index contributed by atoms with van der Waals surface area (Å²) in [6, 6.07) is 1.95. The Labute approximate surface area is 286 Å². The zero-order chi connectivity index (χ0) is 33.7. The zero-order valence-electron chi connectivity index (χ0n) is 29.0. The first kappa shape index (κ1) is 30.2. The molecule has 0 amide bonds. The molecule has 10 aliphatic rings. The van der Waals surface area contributed by atoms with Crippen LogP contribution < -0.4 is 0 Å². The van der Waals surface area contributed by atoms with Crippen LogP contribution in [0.4, 0.5) is 0 Å². The van der Waals surface area contributed by atoms with Crippen LogP contribution >= 0.6 is 0 Å². The second-order valence-electron chi connectivity index (χ2n) is 18.6. The van der Waals surface area contributed by atoms with Crippen molar-refractivity contribution >= 4 is 17.7 Å². The van der Waals surface area contributed by atoms with Crippen molar-refractivity contribution in [3.63, 3.8) is 0 Å². The first-order valence-corrected chi connectivity index (χ1v) is 19.1. The maximum absolute atomic E-state index is 15.3. The van der Waals surface area contributed by atoms with Crippen LogP contribution in [0.3, 0.4) is 0 Å². The molecule has 9 nitrogen and oxygen atoms in total. The van der Waals surface area contributed by atoms with Crippen LogP contribution in [-0.4, -0.2) is 58.4 Å². The highest BCUT2D eigenvalue weighted by molar-refractivity contribution is 5.93. The predicted molar refractivity (Wildman–Crippen MR) is 171 cm³/mol. The molecule has 5 bridgehead atoms. The van der Waals surface area contributed by atoms with Crippen LogP contribution in [0.2, 0.25) is 0 Å². The Balaban J connectivity index is 1.18. The molecule has 0 unspecified atom stereocenters. The number of aliphatic hydroxyl groups is 1. The molecule has 5 aliphatic heterocycles. The first-order chi connectivity index (χ1) is 23.4. The van der Waals surface area contributed by atoms with Crippen LogP contribution in [0, 0.1) is 51.2 Å². The Morgan fingerprint density at radius 2 is 1.86 bits per heavy atom. The summed E-state index contributed by atoms with van der Waals surface area (Å²) in [5.41, 5.74) is -4.10. The number of Topliss-reactive ketones (excluding diaryl/α,β-unsaturated/α-hetero) is 1. The first-order valence-electron chi connectivity index (χ1n) is 19.1. The van der Waals surface area contributed by atoms with E-state index in [0.717, 1.165) is 69.1 Å². The second kappa shape index (κ2) is 8.75. The average Bonchev–Trinajstić information content (AvgIpc) is 3.41. The number of unbranched alkanes of at least 4 members (excludes halogenated alkanes) is 2. The molecule has 15 atom stereocenters. The van der Waals surface area contributed by atoms with Crippen molar-refractivity contribution in [3.05, 3.63) is 35.3 Å². The number of aliphatic hydroxyl groups excluding tert-OH is 1. The molecule has 9 fully saturated rings. The molecule has 6 heterocycles. The minimum absolute atomic E-state index is 0.00773. The van der Waals surface area contributed by atoms with Crippen LogP contribution in [0.5, 0.6) is 0 Å². The quantitative estimate of drug-likeness (QED) is 0.185. The van der Waals surface area contributed by atoms with E-state index in [2.05, 4.69) is 19.9 Å². The lowest BCUT2D eigenvalue weighted by Crippen LogP contribution is -2.80. The Kier molecular flexibility index (Phi) is 5.39. The fourth-order valence-corrected chi connectivity index (χ4v) is 16.0. The summed E-state index contributed by atoms with van der Waals surface area (Å²) < 4.78 is 33.2. The van der Waals surface area contributed by atoms with E-state index in [4.69, 9.17) is 23.4 Å². The van der Waals surface area contributed by atoms with Crippen molar-refractivity contribution < 1.29 is 42.9 Å². The normalized spacial score (nSPS) is 56.5. The van der Waals surface area contributed by atoms with Gasteiger partial charge in [-0.15, -0.1) is 0 Å². The molecule has 0 aromatic carbocycles. The third-order valence-corrected chi connectivity index (χ3v) is 17.1. The van der Waals surface area contributed by atoms with Gasteiger partial charge in [0.15, 0.2) is 11.9 Å². The molecular weight excluding hydrogens is 624 g/mol. The number of esters is 2. The molecule has 5 saturated carbocycles. The molecule has 4 saturated heterocycles. The lowest BCUT2D eigenvalue weighted by molar-refractivity contribution is -0.280. The monoisotopic (exact) mass is 672 g/mol. The number of furan rings is 1. The molecule has 4 spiro atoms. The van der Waals surface area contributed by atoms with E-state index in [-0.39, 0.29) is 35.6 Å². The highest BCUT2D eigenvalue weighted by atomic mass is 16.7. The zero-order valence-corrected chi connectivity index (χ0v) is 29.0. The maximum Gasteiger partial charge on any atom is 0.339 e. The number of fused-ring (bicyclic) bond motifs is 2. The van der Waals surface area contributed by atoms with Crippen molar-refractivity contribution in [1.29, 1.82) is 0 Å². The third-order valence-electron chi connectivity index (χ3n) is 17.1. The summed E-state index contributed by atoms with van der Waals surface area (Å²) in [7, 11) is 0. The van der Waals surface area contributed by atoms with Gasteiger partial charge in [0, 0.05) is 22.8 Å². The Hall–Kier alpha value is -2.49. The number of ketones is 1. The highest BCUT2D eigenvalue weighted by Crippen LogP contribution is 2.88. The standard InChI is InChI=1S/C40H48O9/c1-5-6-7-10-24-23(12-15-45-24)30-34(2)17-20-18-37-13-8-9-21(37)16-22-11-14-35(3)27-25(41)29(42)36(4,40(34)31(48-40)33(44)47-30)26(20)38(27)19-46-32(43)28(37)39(22,38)49-35/h11-12,15,20-21,26-31,42H,5-10,13-14,16-19H2,1-4H3/t20-,21-,26+,27-,28+,29-,30+,31-,34+,35+,36+,37+,38-,39+,40-/m1/s1. The van der Waals surface area contributed by atoms with E-state index in [1.54, 1.807) is 6.26 Å². The number of epoxide rings is 1. The number of cyclic esters (lactones) is 2. The van der Waals surface area contributed by atoms with E-state index in [9.17, 15) is 14.7 Å². The summed E-state index contributed by atoms with van der Waals surface area (Å²) in [5, 5.41) is 12.8. The van der Waals surface area contributed by atoms with E-state index >= 15 is 4.79 Å². The van der Waals surface area contributed by atoms with Gasteiger partial charge in [0.2, 0.25) is 0 Å². The molecule has 49 heavy (non-hydrogen) atoms. The number of carbonyl (C=O) groups is 3. The van der Waals surface area contributed by atoms with Gasteiger partial charge in [-0.2, -0.15) is 0 Å². The lowest BCUT2D eigenvalue weighted by Gasteiger charge is -2.70. The molecule has 1 aromatic rings. The van der Waals surface area contributed by atoms with E-state index in [0.29, 0.717) is 18.8 Å². The summed E-state index contributed by atoms with van der Waals surface area (Å²) in [6.45, 7) is 8.51. The Morgan fingerprint density at radius 3 is 2.67 bits per heavy atom. The van der Waals surface area contributed by atoms with Crippen molar-refractivity contribution in [2.24, 2.45) is 51.2 Å². The summed E-state index contributed by atoms with van der Waals surface area (Å²) in [6.07, 6.45) is 10.9. The van der Waals surface area contributed by atoms with Crippen molar-refractivity contribution in [1.82, 2.24) is 0 Å². The van der Waals surface area contributed by atoms with Gasteiger partial charge in [-0.05, 0) is 86.7 Å². The average molecular weight is 673 g/mol. The molecule has 0 radical (unpaired) electrons. The lowest BCUT2D eigenvalue weighted by atomic mass is 9.33. The molecule has 11 rings (SSSR count). The number of rotatable bonds is 5. The van der Waals surface area contributed by atoms with Gasteiger partial charge in [0.1, 0.15) is 35.8 Å². The van der Waals surface area contributed by atoms with Gasteiger partial charge in [-0.25, -0.2) is 4.79 Å². The van der Waals surface area contributed by atoms with Gasteiger partial charge in [-0.3, -0.25) is 9.59 Å². The Morgan fingerprint density at radius 1 is 1.02 bits per heavy atom. The molecular formula is C40H48O9. The molecule has 262 valence electrons. The molecule has 9 heteroatoms. The van der Waals surface area contributed by atoms with E-state index in [1.165, 1.54) is 5.57 Å². The molecule has 5 aliphatic carbocycles. The van der Waals surface area contributed by atoms with E-state index < -0.39 is 69.2 Å². The third kappa shape index (κ3) is 2.80. The second-order valence-corrected chi connectivity index (χ2v) is 18.6. The number of hydrogen-bond donors (Lipinski definition) is 1. The smallest absolute Gasteiger partial charge is 0.339 e. The number of aryl methyl sites for hydroxylation is 1. The summed E-state index contributed by atoms with van der Waals surface area (Å²) >= 11 is 0. The molecule has 1 aromatic heterocycles. The maximum atomic E-state index is 15.3.